The van der Waals surface area contributed by atoms with Gasteiger partial charge in [-0.2, -0.15) is 0 Å². The van der Waals surface area contributed by atoms with Gasteiger partial charge in [0, 0.05) is 48.4 Å². The highest BCUT2D eigenvalue weighted by atomic mass is 19.1. The Bertz CT molecular complexity index is 1830. The molecule has 7 nitrogen and oxygen atoms in total. The summed E-state index contributed by atoms with van der Waals surface area (Å²) in [6.07, 6.45) is 4.65. The van der Waals surface area contributed by atoms with Crippen LogP contribution in [0.2, 0.25) is 0 Å². The van der Waals surface area contributed by atoms with E-state index in [9.17, 15) is 18.7 Å². The minimum Gasteiger partial charge on any atom is -0.497 e. The molecule has 0 bridgehead atoms. The molecule has 2 aliphatic heterocycles. The number of halogens is 2. The Labute approximate surface area is 307 Å². The summed E-state index contributed by atoms with van der Waals surface area (Å²) >= 11 is 0. The lowest BCUT2D eigenvalue weighted by atomic mass is 9.96. The summed E-state index contributed by atoms with van der Waals surface area (Å²) in [4.78, 5) is 16.9. The highest BCUT2D eigenvalue weighted by Gasteiger charge is 2.29. The van der Waals surface area contributed by atoms with Crippen molar-refractivity contribution in [1.82, 2.24) is 9.80 Å². The average molecular weight is 715 g/mol. The minimum absolute atomic E-state index is 0.0149. The average Bonchev–Trinajstić information content (AvgIpc) is 3.65. The summed E-state index contributed by atoms with van der Waals surface area (Å²) in [6.45, 7) is 10.3. The smallest absolute Gasteiger partial charge is 0.337 e. The van der Waals surface area contributed by atoms with Crippen LogP contribution in [0.5, 0.6) is 11.5 Å². The van der Waals surface area contributed by atoms with E-state index in [-0.39, 0.29) is 18.2 Å². The van der Waals surface area contributed by atoms with E-state index in [0.29, 0.717) is 58.9 Å². The molecule has 0 aromatic heterocycles. The molecule has 0 unspecified atom stereocenters. The molecule has 0 aliphatic carbocycles. The number of rotatable bonds is 10. The topological polar surface area (TPSA) is 71.5 Å². The molecule has 9 heteroatoms. The van der Waals surface area contributed by atoms with E-state index >= 15 is 0 Å². The third-order valence-corrected chi connectivity index (χ3v) is 10.8. The predicted octanol–water partition coefficient (Wildman–Crippen LogP) is 9.03. The third-order valence-electron chi connectivity index (χ3n) is 10.8. The van der Waals surface area contributed by atoms with Gasteiger partial charge in [-0.25, -0.2) is 13.6 Å². The lowest BCUT2D eigenvalue weighted by Crippen LogP contribution is -2.32. The lowest BCUT2D eigenvalue weighted by Gasteiger charge is -2.27. The minimum atomic E-state index is -0.392. The molecule has 52 heavy (non-hydrogen) atoms. The van der Waals surface area contributed by atoms with Gasteiger partial charge >= 0.3 is 5.97 Å². The van der Waals surface area contributed by atoms with Crippen molar-refractivity contribution in [2.24, 2.45) is 0 Å². The molecule has 0 radical (unpaired) electrons. The summed E-state index contributed by atoms with van der Waals surface area (Å²) < 4.78 is 44.5. The van der Waals surface area contributed by atoms with Crippen molar-refractivity contribution in [3.8, 4) is 33.8 Å². The highest BCUT2D eigenvalue weighted by Crippen LogP contribution is 2.35. The number of hydrogen-bond donors (Lipinski definition) is 1. The summed E-state index contributed by atoms with van der Waals surface area (Å²) in [5.74, 6) is 0.261. The van der Waals surface area contributed by atoms with E-state index in [1.165, 1.54) is 32.1 Å². The zero-order valence-corrected chi connectivity index (χ0v) is 31.4. The Morgan fingerprint density at radius 3 is 1.50 bits per heavy atom. The van der Waals surface area contributed by atoms with Crippen molar-refractivity contribution in [3.63, 3.8) is 0 Å². The fourth-order valence-electron chi connectivity index (χ4n) is 7.56. The number of carbonyl (C=O) groups is 1. The second-order valence-corrected chi connectivity index (χ2v) is 14.1. The molecule has 278 valence electrons. The van der Waals surface area contributed by atoms with Crippen molar-refractivity contribution in [3.05, 3.63) is 107 Å². The second-order valence-electron chi connectivity index (χ2n) is 14.1. The number of ether oxygens (including phenoxy) is 3. The number of likely N-dealkylation sites (tertiary alicyclic amines) is 2. The van der Waals surface area contributed by atoms with Gasteiger partial charge in [0.05, 0.1) is 33.5 Å². The first-order valence-corrected chi connectivity index (χ1v) is 18.1. The Hall–Kier alpha value is -4.31. The van der Waals surface area contributed by atoms with Crippen molar-refractivity contribution in [1.29, 1.82) is 0 Å². The maximum atomic E-state index is 14.6. The van der Waals surface area contributed by atoms with Crippen molar-refractivity contribution in [2.45, 2.75) is 97.2 Å². The van der Waals surface area contributed by atoms with Crippen LogP contribution < -0.4 is 9.47 Å². The molecule has 0 amide bonds. The first-order chi connectivity index (χ1) is 25.0. The molecule has 2 saturated heterocycles. The summed E-state index contributed by atoms with van der Waals surface area (Å²) in [7, 11) is 4.51. The number of carbonyl (C=O) groups excluding carboxylic acids is 1. The Morgan fingerprint density at radius 1 is 0.635 bits per heavy atom. The van der Waals surface area contributed by atoms with Crippen molar-refractivity contribution in [2.75, 3.05) is 21.3 Å². The van der Waals surface area contributed by atoms with Crippen LogP contribution in [0.4, 0.5) is 8.78 Å². The Balaban J connectivity index is 0.000000202. The molecule has 0 spiro atoms. The fourth-order valence-corrected chi connectivity index (χ4v) is 7.56. The summed E-state index contributed by atoms with van der Waals surface area (Å²) in [5.41, 5.74) is 5.91. The second kappa shape index (κ2) is 17.5. The number of esters is 1. The van der Waals surface area contributed by atoms with Gasteiger partial charge in [0.1, 0.15) is 23.1 Å². The maximum absolute atomic E-state index is 14.6. The van der Waals surface area contributed by atoms with Gasteiger partial charge in [-0.15, -0.1) is 0 Å². The quantitative estimate of drug-likeness (QED) is 0.165. The molecule has 4 atom stereocenters. The number of methoxy groups -OCH3 is 3. The van der Waals surface area contributed by atoms with E-state index in [4.69, 9.17) is 14.2 Å². The molecule has 6 rings (SSSR count). The van der Waals surface area contributed by atoms with Crippen LogP contribution in [0.3, 0.4) is 0 Å². The zero-order chi connectivity index (χ0) is 37.5. The molecule has 4 aromatic rings. The Kier molecular flexibility index (Phi) is 13.1. The monoisotopic (exact) mass is 714 g/mol. The van der Waals surface area contributed by atoms with Crippen molar-refractivity contribution < 1.29 is 32.9 Å². The number of aliphatic hydroxyl groups is 1. The molecule has 2 heterocycles. The van der Waals surface area contributed by atoms with Crippen LogP contribution in [-0.2, 0) is 24.4 Å². The predicted molar refractivity (Wildman–Crippen MR) is 201 cm³/mol. The Morgan fingerprint density at radius 2 is 1.08 bits per heavy atom. The molecule has 2 fully saturated rings. The van der Waals surface area contributed by atoms with Crippen LogP contribution in [0.1, 0.15) is 80.4 Å². The van der Waals surface area contributed by atoms with Crippen LogP contribution in [-0.4, -0.2) is 66.4 Å². The normalized spacial score (nSPS) is 20.3. The lowest BCUT2D eigenvalue weighted by molar-refractivity contribution is 0.0600. The van der Waals surface area contributed by atoms with Gasteiger partial charge in [0.2, 0.25) is 0 Å². The van der Waals surface area contributed by atoms with Gasteiger partial charge in [-0.05, 0) is 130 Å². The summed E-state index contributed by atoms with van der Waals surface area (Å²) in [5, 5.41) is 9.52. The van der Waals surface area contributed by atoms with Crippen LogP contribution >= 0.6 is 0 Å². The molecule has 4 aromatic carbocycles. The molecule has 0 saturated carbocycles. The number of aliphatic hydroxyl groups excluding tert-OH is 1. The van der Waals surface area contributed by atoms with Gasteiger partial charge in [-0.1, -0.05) is 24.3 Å². The fraction of sp³-hybridized carbons (Fsp3) is 0.419. The zero-order valence-electron chi connectivity index (χ0n) is 31.4. The van der Waals surface area contributed by atoms with Gasteiger partial charge < -0.3 is 19.3 Å². The van der Waals surface area contributed by atoms with E-state index in [2.05, 4.69) is 37.5 Å². The number of nitrogens with zero attached hydrogens (tertiary/aromatic N) is 2. The number of benzene rings is 4. The van der Waals surface area contributed by atoms with E-state index in [1.54, 1.807) is 50.6 Å². The van der Waals surface area contributed by atoms with E-state index in [0.717, 1.165) is 47.2 Å². The van der Waals surface area contributed by atoms with Gasteiger partial charge in [0.25, 0.3) is 0 Å². The van der Waals surface area contributed by atoms with Gasteiger partial charge in [0.15, 0.2) is 0 Å². The first kappa shape index (κ1) is 38.9. The molecule has 1 N–H and O–H groups in total. The van der Waals surface area contributed by atoms with Crippen LogP contribution in [0.25, 0.3) is 22.3 Å². The molecular weight excluding hydrogens is 662 g/mol. The summed E-state index contributed by atoms with van der Waals surface area (Å²) in [6, 6.07) is 22.5. The molecule has 2 aliphatic rings. The van der Waals surface area contributed by atoms with Crippen LogP contribution in [0, 0.1) is 11.6 Å². The van der Waals surface area contributed by atoms with Crippen LogP contribution in [0.15, 0.2) is 72.8 Å². The SMILES string of the molecule is COC(=O)c1ccc(-c2cc(OC)ccc2F)c(CN2[C@H](C)CC[C@H]2C)c1.COc1ccc(F)c(-c2ccc(CO)cc2CN2[C@H](C)CC[C@H]2C)c1. The standard InChI is InChI=1S/C22H26FNO3.C21H26FNO2/c1-14-5-6-15(2)24(14)13-17-11-16(22(25)27-4)7-9-19(17)20-12-18(26-3)8-10-21(20)23;1-14-4-5-15(2)23(14)12-17-10-16(13-24)6-8-19(17)20-11-18(25-3)7-9-21(20)22/h7-12,14-15H,5-6,13H2,1-4H3;6-11,14-15,24H,4-5,12-13H2,1-3H3/t2*14-,15-/m11/s1. The highest BCUT2D eigenvalue weighted by molar-refractivity contribution is 5.90. The largest absolute Gasteiger partial charge is 0.497 e. The van der Waals surface area contributed by atoms with Gasteiger partial charge in [-0.3, -0.25) is 9.80 Å². The van der Waals surface area contributed by atoms with Crippen molar-refractivity contribution >= 4 is 5.97 Å². The van der Waals surface area contributed by atoms with E-state index in [1.807, 2.05) is 24.3 Å². The number of hydrogen-bond acceptors (Lipinski definition) is 7. The maximum Gasteiger partial charge on any atom is 0.337 e. The first-order valence-electron chi connectivity index (χ1n) is 18.1. The molecular formula is C43H52F2N2O5. The van der Waals surface area contributed by atoms with E-state index < -0.39 is 5.97 Å². The third kappa shape index (κ3) is 8.82.